The number of anilines is 1. The van der Waals surface area contributed by atoms with Crippen molar-refractivity contribution in [3.63, 3.8) is 0 Å². The van der Waals surface area contributed by atoms with Gasteiger partial charge in [0.25, 0.3) is 0 Å². The van der Waals surface area contributed by atoms with Gasteiger partial charge in [0.2, 0.25) is 11.1 Å². The van der Waals surface area contributed by atoms with E-state index in [4.69, 9.17) is 0 Å². The zero-order chi connectivity index (χ0) is 16.7. The molecule has 1 aromatic carbocycles. The Kier molecular flexibility index (Phi) is 3.88. The molecule has 0 radical (unpaired) electrons. The molecule has 1 aliphatic carbocycles. The predicted octanol–water partition coefficient (Wildman–Crippen LogP) is 3.41. The van der Waals surface area contributed by atoms with E-state index < -0.39 is 0 Å². The highest BCUT2D eigenvalue weighted by Crippen LogP contribution is 2.41. The zero-order valence-corrected chi connectivity index (χ0v) is 14.0. The summed E-state index contributed by atoms with van der Waals surface area (Å²) in [5.41, 5.74) is 1.59. The summed E-state index contributed by atoms with van der Waals surface area (Å²) in [6, 6.07) is 6.03. The lowest BCUT2D eigenvalue weighted by atomic mass is 9.81. The highest BCUT2D eigenvalue weighted by molar-refractivity contribution is 7.99. The average Bonchev–Trinajstić information content (AvgIpc) is 2.95. The number of ketones is 1. The monoisotopic (exact) mass is 344 g/mol. The molecule has 124 valence electrons. The van der Waals surface area contributed by atoms with Gasteiger partial charge in [-0.15, -0.1) is 5.10 Å². The first-order chi connectivity index (χ1) is 11.7. The second-order valence-electron chi connectivity index (χ2n) is 5.86. The van der Waals surface area contributed by atoms with Crippen LogP contribution in [0.15, 0.2) is 41.2 Å². The van der Waals surface area contributed by atoms with E-state index in [0.717, 1.165) is 23.4 Å². The van der Waals surface area contributed by atoms with Crippen molar-refractivity contribution in [3.05, 3.63) is 47.4 Å². The Morgan fingerprint density at radius 1 is 1.46 bits per heavy atom. The summed E-state index contributed by atoms with van der Waals surface area (Å²) in [7, 11) is 0. The third kappa shape index (κ3) is 2.53. The maximum atomic E-state index is 13.8. The van der Waals surface area contributed by atoms with Crippen LogP contribution in [0.4, 0.5) is 10.3 Å². The van der Waals surface area contributed by atoms with Crippen LogP contribution in [0.1, 0.15) is 31.4 Å². The van der Waals surface area contributed by atoms with E-state index in [0.29, 0.717) is 17.5 Å². The Balaban J connectivity index is 1.88. The molecular formula is C17H17FN4OS. The van der Waals surface area contributed by atoms with Gasteiger partial charge in [-0.1, -0.05) is 36.9 Å². The summed E-state index contributed by atoms with van der Waals surface area (Å²) in [6.07, 6.45) is 3.27. The third-order valence-corrected chi connectivity index (χ3v) is 5.07. The van der Waals surface area contributed by atoms with E-state index in [9.17, 15) is 9.18 Å². The second kappa shape index (κ2) is 6.05. The number of aromatic nitrogens is 3. The summed E-state index contributed by atoms with van der Waals surface area (Å²) in [5.74, 6) is 0.940. The van der Waals surface area contributed by atoms with Gasteiger partial charge in [0.1, 0.15) is 11.6 Å². The first kappa shape index (κ1) is 15.4. The number of halogens is 1. The fourth-order valence-electron chi connectivity index (χ4n) is 3.37. The minimum atomic E-state index is -0.366. The molecule has 2 atom stereocenters. The van der Waals surface area contributed by atoms with Gasteiger partial charge in [-0.25, -0.2) is 9.07 Å². The quantitative estimate of drug-likeness (QED) is 0.865. The summed E-state index contributed by atoms with van der Waals surface area (Å²) in [6.45, 7) is 2.04. The number of rotatable bonds is 3. The van der Waals surface area contributed by atoms with Crippen molar-refractivity contribution in [1.29, 1.82) is 0 Å². The topological polar surface area (TPSA) is 59.8 Å². The Hall–Kier alpha value is -2.15. The largest absolute Gasteiger partial charge is 0.328 e. The number of fused-ring (bicyclic) bond motifs is 2. The average molecular weight is 344 g/mol. The van der Waals surface area contributed by atoms with Crippen LogP contribution < -0.4 is 5.32 Å². The Morgan fingerprint density at radius 2 is 2.33 bits per heavy atom. The number of hydrogen-bond acceptors (Lipinski definition) is 5. The Morgan fingerprint density at radius 3 is 3.12 bits per heavy atom. The zero-order valence-electron chi connectivity index (χ0n) is 13.2. The van der Waals surface area contributed by atoms with E-state index in [2.05, 4.69) is 15.4 Å². The van der Waals surface area contributed by atoms with Crippen LogP contribution in [0.25, 0.3) is 0 Å². The van der Waals surface area contributed by atoms with Crippen LogP contribution in [-0.2, 0) is 4.79 Å². The molecule has 7 heteroatoms. The molecule has 0 fully saturated rings. The molecule has 1 aromatic heterocycles. The number of Topliss-reactive ketones (excluding diaryl/α,β-unsaturated/α-hetero) is 1. The number of nitrogens with zero attached hydrogens (tertiary/aromatic N) is 3. The van der Waals surface area contributed by atoms with Crippen molar-refractivity contribution in [2.24, 2.45) is 5.92 Å². The van der Waals surface area contributed by atoms with Gasteiger partial charge in [0.15, 0.2) is 0 Å². The van der Waals surface area contributed by atoms with Gasteiger partial charge in [0.05, 0.1) is 12.0 Å². The van der Waals surface area contributed by atoms with Crippen LogP contribution >= 0.6 is 11.8 Å². The van der Waals surface area contributed by atoms with Crippen molar-refractivity contribution in [3.8, 4) is 0 Å². The predicted molar refractivity (Wildman–Crippen MR) is 90.4 cm³/mol. The van der Waals surface area contributed by atoms with Gasteiger partial charge in [0, 0.05) is 12.1 Å². The first-order valence-electron chi connectivity index (χ1n) is 8.02. The van der Waals surface area contributed by atoms with Gasteiger partial charge < -0.3 is 5.32 Å². The fourth-order valence-corrected chi connectivity index (χ4v) is 3.92. The van der Waals surface area contributed by atoms with Gasteiger partial charge in [-0.05, 0) is 29.9 Å². The van der Waals surface area contributed by atoms with Crippen LogP contribution in [0.3, 0.4) is 0 Å². The summed E-state index contributed by atoms with van der Waals surface area (Å²) in [5, 5.41) is 8.46. The number of benzene rings is 1. The third-order valence-electron chi connectivity index (χ3n) is 4.35. The molecular weight excluding hydrogens is 327 g/mol. The number of carbonyl (C=O) groups is 1. The maximum absolute atomic E-state index is 13.8. The number of allylic oxidation sites excluding steroid dienone is 2. The van der Waals surface area contributed by atoms with Crippen molar-refractivity contribution in [2.75, 3.05) is 11.1 Å². The van der Waals surface area contributed by atoms with Crippen molar-refractivity contribution < 1.29 is 9.18 Å². The van der Waals surface area contributed by atoms with Crippen molar-refractivity contribution in [2.45, 2.75) is 31.0 Å². The molecule has 5 nitrogen and oxygen atoms in total. The molecule has 1 N–H and O–H groups in total. The Bertz CT molecular complexity index is 832. The van der Waals surface area contributed by atoms with Crippen LogP contribution in [0.5, 0.6) is 0 Å². The van der Waals surface area contributed by atoms with E-state index in [1.807, 2.05) is 19.1 Å². The molecule has 2 aliphatic rings. The Labute approximate surface area is 143 Å². The SMILES string of the molecule is CCSc1nc2n(n1)[C@@H](c1cccc(F)c1)[C@@H]1C(=O)CCC=C1N2. The minimum Gasteiger partial charge on any atom is -0.328 e. The van der Waals surface area contributed by atoms with Crippen LogP contribution in [-0.4, -0.2) is 26.3 Å². The molecule has 0 unspecified atom stereocenters. The summed E-state index contributed by atoms with van der Waals surface area (Å²) < 4.78 is 15.5. The van der Waals surface area contributed by atoms with Crippen LogP contribution in [0.2, 0.25) is 0 Å². The molecule has 4 rings (SSSR count). The number of thioether (sulfide) groups is 1. The van der Waals surface area contributed by atoms with E-state index in [-0.39, 0.29) is 23.6 Å². The van der Waals surface area contributed by atoms with Crippen LogP contribution in [0, 0.1) is 11.7 Å². The molecule has 2 aromatic rings. The smallest absolute Gasteiger partial charge is 0.227 e. The lowest BCUT2D eigenvalue weighted by Gasteiger charge is -2.36. The molecule has 24 heavy (non-hydrogen) atoms. The molecule has 0 saturated heterocycles. The van der Waals surface area contributed by atoms with Crippen molar-refractivity contribution in [1.82, 2.24) is 14.8 Å². The molecule has 0 amide bonds. The van der Waals surface area contributed by atoms with Gasteiger partial charge >= 0.3 is 0 Å². The summed E-state index contributed by atoms with van der Waals surface area (Å²) >= 11 is 1.54. The fraction of sp³-hybridized carbons (Fsp3) is 0.353. The standard InChI is InChI=1S/C17H17FN4OS/c1-2-24-17-20-16-19-12-7-4-8-13(23)14(12)15(22(16)21-17)10-5-3-6-11(18)9-10/h3,5-7,9,14-15H,2,4,8H2,1H3,(H,19,20,21)/t14-,15-/m0/s1. The number of carbonyl (C=O) groups excluding carboxylic acids is 1. The molecule has 2 heterocycles. The lowest BCUT2D eigenvalue weighted by Crippen LogP contribution is -2.38. The van der Waals surface area contributed by atoms with Gasteiger partial charge in [-0.2, -0.15) is 4.98 Å². The minimum absolute atomic E-state index is 0.153. The first-order valence-corrected chi connectivity index (χ1v) is 9.00. The molecule has 0 spiro atoms. The normalized spacial score (nSPS) is 22.4. The van der Waals surface area contributed by atoms with E-state index in [1.165, 1.54) is 12.1 Å². The number of hydrogen-bond donors (Lipinski definition) is 1. The highest BCUT2D eigenvalue weighted by Gasteiger charge is 2.41. The van der Waals surface area contributed by atoms with E-state index in [1.54, 1.807) is 22.5 Å². The second-order valence-corrected chi connectivity index (χ2v) is 7.09. The molecule has 1 aliphatic heterocycles. The lowest BCUT2D eigenvalue weighted by molar-refractivity contribution is -0.123. The number of nitrogens with one attached hydrogen (secondary N) is 1. The van der Waals surface area contributed by atoms with E-state index >= 15 is 0 Å². The maximum Gasteiger partial charge on any atom is 0.227 e. The highest BCUT2D eigenvalue weighted by atomic mass is 32.2. The van der Waals surface area contributed by atoms with Gasteiger partial charge in [-0.3, -0.25) is 4.79 Å². The molecule has 0 saturated carbocycles. The molecule has 0 bridgehead atoms. The summed E-state index contributed by atoms with van der Waals surface area (Å²) in [4.78, 5) is 17.1. The van der Waals surface area contributed by atoms with Crippen molar-refractivity contribution >= 4 is 23.5 Å².